The van der Waals surface area contributed by atoms with E-state index < -0.39 is 50.8 Å². The van der Waals surface area contributed by atoms with Gasteiger partial charge in [0.15, 0.2) is 5.82 Å². The Labute approximate surface area is 189 Å². The molecule has 1 amide bonds. The zero-order valence-electron chi connectivity index (χ0n) is 17.3. The molecule has 0 spiro atoms. The van der Waals surface area contributed by atoms with Crippen LogP contribution in [0.2, 0.25) is 0 Å². The molecule has 2 aromatic rings. The van der Waals surface area contributed by atoms with Crippen LogP contribution in [0.1, 0.15) is 29.8 Å². The molecule has 2 atom stereocenters. The van der Waals surface area contributed by atoms with E-state index in [1.54, 1.807) is 4.90 Å². The molecule has 0 saturated carbocycles. The van der Waals surface area contributed by atoms with E-state index in [9.17, 15) is 26.7 Å². The first-order valence-corrected chi connectivity index (χ1v) is 10.4. The van der Waals surface area contributed by atoms with Crippen molar-refractivity contribution in [1.29, 1.82) is 0 Å². The first-order valence-electron chi connectivity index (χ1n) is 9.63. The number of carbonyl (C=O) groups is 1. The van der Waals surface area contributed by atoms with Crippen molar-refractivity contribution in [3.8, 4) is 0 Å². The number of hydrogen-bond acceptors (Lipinski definition) is 3. The maximum atomic E-state index is 15.0. The van der Waals surface area contributed by atoms with Crippen LogP contribution in [0.5, 0.6) is 0 Å². The number of anilines is 2. The second-order valence-corrected chi connectivity index (χ2v) is 8.58. The SMILES string of the molecule is C[C@@H]1CN(c2cc(F)c(Br)c(F)c2NC(=O)c2ccc(F)cc2C(F)(F)F)C[C@H](C)N1C. The summed E-state index contributed by atoms with van der Waals surface area (Å²) in [6.07, 6.45) is -5.01. The quantitative estimate of drug-likeness (QED) is 0.416. The van der Waals surface area contributed by atoms with E-state index in [2.05, 4.69) is 26.1 Å². The minimum absolute atomic E-state index is 0.000907. The number of nitrogens with zero attached hydrogens (tertiary/aromatic N) is 2. The molecule has 1 fully saturated rings. The first-order chi connectivity index (χ1) is 14.8. The number of likely N-dealkylation sites (N-methyl/N-ethyl adjacent to an activating group) is 1. The Morgan fingerprint density at radius 2 is 1.69 bits per heavy atom. The Balaban J connectivity index is 2.06. The van der Waals surface area contributed by atoms with Gasteiger partial charge in [-0.05, 0) is 55.0 Å². The number of nitrogens with one attached hydrogen (secondary N) is 1. The average molecular weight is 524 g/mol. The average Bonchev–Trinajstić information content (AvgIpc) is 2.71. The van der Waals surface area contributed by atoms with E-state index in [1.807, 2.05) is 20.9 Å². The first kappa shape index (κ1) is 24.4. The predicted molar refractivity (Wildman–Crippen MR) is 112 cm³/mol. The summed E-state index contributed by atoms with van der Waals surface area (Å²) in [5.74, 6) is -4.56. The topological polar surface area (TPSA) is 35.6 Å². The minimum Gasteiger partial charge on any atom is -0.367 e. The van der Waals surface area contributed by atoms with Gasteiger partial charge in [0.25, 0.3) is 5.91 Å². The number of amides is 1. The van der Waals surface area contributed by atoms with Gasteiger partial charge in [-0.2, -0.15) is 13.2 Å². The van der Waals surface area contributed by atoms with Gasteiger partial charge in [0.2, 0.25) is 0 Å². The summed E-state index contributed by atoms with van der Waals surface area (Å²) in [6.45, 7) is 4.57. The maximum absolute atomic E-state index is 15.0. The molecule has 0 aromatic heterocycles. The van der Waals surface area contributed by atoms with Gasteiger partial charge in [-0.15, -0.1) is 0 Å². The largest absolute Gasteiger partial charge is 0.417 e. The standard InChI is InChI=1S/C21H20BrF6N3O/c1-10-8-31(9-11(2)30(10)3)16-7-15(24)17(22)18(25)19(16)29-20(32)13-5-4-12(23)6-14(13)21(26,27)28/h4-7,10-11H,8-9H2,1-3H3,(H,29,32)/t10-,11+. The summed E-state index contributed by atoms with van der Waals surface area (Å²) in [5, 5.41) is 2.14. The highest BCUT2D eigenvalue weighted by molar-refractivity contribution is 9.10. The molecule has 32 heavy (non-hydrogen) atoms. The molecule has 1 heterocycles. The van der Waals surface area contributed by atoms with Crippen LogP contribution in [0.3, 0.4) is 0 Å². The Kier molecular flexibility index (Phi) is 6.80. The molecule has 2 aromatic carbocycles. The van der Waals surface area contributed by atoms with Crippen molar-refractivity contribution in [2.45, 2.75) is 32.1 Å². The zero-order chi connectivity index (χ0) is 24.0. The molecule has 1 aliphatic heterocycles. The number of rotatable bonds is 3. The second kappa shape index (κ2) is 8.93. The summed E-state index contributed by atoms with van der Waals surface area (Å²) in [7, 11) is 1.91. The fraction of sp³-hybridized carbons (Fsp3) is 0.381. The molecular weight excluding hydrogens is 504 g/mol. The minimum atomic E-state index is -5.01. The number of piperazine rings is 1. The molecule has 1 aliphatic rings. The highest BCUT2D eigenvalue weighted by Gasteiger charge is 2.36. The van der Waals surface area contributed by atoms with Crippen LogP contribution in [0.4, 0.5) is 37.7 Å². The molecule has 174 valence electrons. The summed E-state index contributed by atoms with van der Waals surface area (Å²) < 4.78 is 82.1. The Hall–Kier alpha value is -2.27. The maximum Gasteiger partial charge on any atom is 0.417 e. The molecular formula is C21H20BrF6N3O. The summed E-state index contributed by atoms with van der Waals surface area (Å²) in [6, 6.07) is 2.59. The smallest absolute Gasteiger partial charge is 0.367 e. The number of benzene rings is 2. The van der Waals surface area contributed by atoms with E-state index in [1.165, 1.54) is 0 Å². The molecule has 1 N–H and O–H groups in total. The van der Waals surface area contributed by atoms with Gasteiger partial charge in [0.1, 0.15) is 17.3 Å². The molecule has 0 aliphatic carbocycles. The third-order valence-corrected chi connectivity index (χ3v) is 6.34. The fourth-order valence-electron chi connectivity index (χ4n) is 3.68. The van der Waals surface area contributed by atoms with Crippen LogP contribution in [-0.2, 0) is 6.18 Å². The highest BCUT2D eigenvalue weighted by atomic mass is 79.9. The van der Waals surface area contributed by atoms with Crippen molar-refractivity contribution in [2.75, 3.05) is 30.4 Å². The summed E-state index contributed by atoms with van der Waals surface area (Å²) in [5.41, 5.74) is -2.85. The van der Waals surface area contributed by atoms with Gasteiger partial charge in [-0.3, -0.25) is 9.69 Å². The van der Waals surface area contributed by atoms with Gasteiger partial charge in [0.05, 0.1) is 21.3 Å². The van der Waals surface area contributed by atoms with Crippen molar-refractivity contribution in [2.24, 2.45) is 0 Å². The lowest BCUT2D eigenvalue weighted by molar-refractivity contribution is -0.138. The molecule has 4 nitrogen and oxygen atoms in total. The highest BCUT2D eigenvalue weighted by Crippen LogP contribution is 2.38. The Morgan fingerprint density at radius 1 is 1.09 bits per heavy atom. The number of carbonyl (C=O) groups excluding carboxylic acids is 1. The van der Waals surface area contributed by atoms with Gasteiger partial charge in [0, 0.05) is 31.2 Å². The molecule has 3 rings (SSSR count). The monoisotopic (exact) mass is 523 g/mol. The number of halogens is 7. The second-order valence-electron chi connectivity index (χ2n) is 7.79. The van der Waals surface area contributed by atoms with E-state index in [4.69, 9.17) is 0 Å². The third kappa shape index (κ3) is 4.73. The summed E-state index contributed by atoms with van der Waals surface area (Å²) in [4.78, 5) is 16.5. The molecule has 0 bridgehead atoms. The third-order valence-electron chi connectivity index (χ3n) is 5.61. The van der Waals surface area contributed by atoms with Crippen molar-refractivity contribution in [3.05, 3.63) is 57.3 Å². The number of hydrogen-bond donors (Lipinski definition) is 1. The van der Waals surface area contributed by atoms with Crippen LogP contribution in [0.15, 0.2) is 28.7 Å². The lowest BCUT2D eigenvalue weighted by Crippen LogP contribution is -2.55. The van der Waals surface area contributed by atoms with Crippen molar-refractivity contribution in [1.82, 2.24) is 4.90 Å². The molecule has 11 heteroatoms. The van der Waals surface area contributed by atoms with Crippen LogP contribution in [0, 0.1) is 17.5 Å². The van der Waals surface area contributed by atoms with Crippen LogP contribution in [0.25, 0.3) is 0 Å². The van der Waals surface area contributed by atoms with E-state index in [0.29, 0.717) is 25.2 Å². The summed E-state index contributed by atoms with van der Waals surface area (Å²) >= 11 is 2.77. The fourth-order valence-corrected chi connectivity index (χ4v) is 3.99. The Morgan fingerprint density at radius 3 is 2.25 bits per heavy atom. The molecule has 0 radical (unpaired) electrons. The van der Waals surface area contributed by atoms with E-state index >= 15 is 4.39 Å². The van der Waals surface area contributed by atoms with Crippen LogP contribution < -0.4 is 10.2 Å². The molecule has 1 saturated heterocycles. The van der Waals surface area contributed by atoms with Gasteiger partial charge in [-0.1, -0.05) is 0 Å². The molecule has 0 unspecified atom stereocenters. The predicted octanol–water partition coefficient (Wildman–Crippen LogP) is 5.67. The van der Waals surface area contributed by atoms with Crippen molar-refractivity contribution < 1.29 is 31.1 Å². The number of alkyl halides is 3. The van der Waals surface area contributed by atoms with Gasteiger partial charge < -0.3 is 10.2 Å². The van der Waals surface area contributed by atoms with Crippen molar-refractivity contribution in [3.63, 3.8) is 0 Å². The van der Waals surface area contributed by atoms with Crippen LogP contribution in [-0.4, -0.2) is 43.0 Å². The lowest BCUT2D eigenvalue weighted by Gasteiger charge is -2.44. The zero-order valence-corrected chi connectivity index (χ0v) is 18.9. The lowest BCUT2D eigenvalue weighted by atomic mass is 10.0. The van der Waals surface area contributed by atoms with Crippen LogP contribution >= 0.6 is 15.9 Å². The van der Waals surface area contributed by atoms with E-state index in [-0.39, 0.29) is 23.8 Å². The van der Waals surface area contributed by atoms with E-state index in [0.717, 1.165) is 6.07 Å². The normalized spacial score (nSPS) is 19.9. The van der Waals surface area contributed by atoms with Gasteiger partial charge in [-0.25, -0.2) is 13.2 Å². The van der Waals surface area contributed by atoms with Gasteiger partial charge >= 0.3 is 6.18 Å². The Bertz CT molecular complexity index is 1030. The van der Waals surface area contributed by atoms with Crippen molar-refractivity contribution >= 4 is 33.2 Å².